The number of hydrogen-bond donors (Lipinski definition) is 1. The summed E-state index contributed by atoms with van der Waals surface area (Å²) < 4.78 is 5.42. The maximum atomic E-state index is 12.1. The molecule has 6 nitrogen and oxygen atoms in total. The number of carbonyl (C=O) groups is 2. The number of ether oxygens (including phenoxy) is 1. The molecule has 2 aromatic rings. The van der Waals surface area contributed by atoms with Crippen molar-refractivity contribution in [2.75, 3.05) is 0 Å². The predicted octanol–water partition coefficient (Wildman–Crippen LogP) is 10.4. The van der Waals surface area contributed by atoms with Crippen molar-refractivity contribution in [3.8, 4) is 29.4 Å². The van der Waals surface area contributed by atoms with Crippen LogP contribution in [0.3, 0.4) is 0 Å². The zero-order valence-electron chi connectivity index (χ0n) is 25.2. The maximum Gasteiger partial charge on any atom is 0.335 e. The highest BCUT2D eigenvalue weighted by Gasteiger charge is 2.05. The van der Waals surface area contributed by atoms with Crippen molar-refractivity contribution in [3.63, 3.8) is 0 Å². The first-order valence-electron chi connectivity index (χ1n) is 15.6. The smallest absolute Gasteiger partial charge is 0.335 e. The molecule has 0 radical (unpaired) electrons. The van der Waals surface area contributed by atoms with Gasteiger partial charge in [-0.2, -0.15) is 10.2 Å². The first kappa shape index (κ1) is 34.3. The number of hydrogen-bond acceptors (Lipinski definition) is 5. The molecule has 6 heteroatoms. The van der Waals surface area contributed by atoms with Crippen molar-refractivity contribution < 1.29 is 19.4 Å². The van der Waals surface area contributed by atoms with Crippen LogP contribution >= 0.6 is 0 Å². The van der Waals surface area contributed by atoms with E-state index in [0.717, 1.165) is 51.4 Å². The molecule has 42 heavy (non-hydrogen) atoms. The second-order valence-electron chi connectivity index (χ2n) is 10.5. The van der Waals surface area contributed by atoms with Crippen molar-refractivity contribution in [1.29, 1.82) is 0 Å². The third-order valence-electron chi connectivity index (χ3n) is 6.79. The first-order chi connectivity index (χ1) is 20.6. The molecule has 2 rings (SSSR count). The number of benzene rings is 2. The van der Waals surface area contributed by atoms with Crippen LogP contribution in [-0.4, -0.2) is 17.0 Å². The van der Waals surface area contributed by atoms with Gasteiger partial charge >= 0.3 is 11.9 Å². The number of azo groups is 1. The van der Waals surface area contributed by atoms with Crippen molar-refractivity contribution in [2.24, 2.45) is 10.2 Å². The fraction of sp³-hybridized carbons (Fsp3) is 0.500. The number of carbonyl (C=O) groups excluding carboxylic acids is 1. The summed E-state index contributed by atoms with van der Waals surface area (Å²) in [5.74, 6) is 11.6. The molecule has 0 aromatic heterocycles. The lowest BCUT2D eigenvalue weighted by molar-refractivity contribution is -0.134. The van der Waals surface area contributed by atoms with Crippen LogP contribution in [0.4, 0.5) is 11.4 Å². The lowest BCUT2D eigenvalue weighted by atomic mass is 10.1. The molecule has 224 valence electrons. The van der Waals surface area contributed by atoms with Crippen LogP contribution in [0.5, 0.6) is 5.75 Å². The number of carboxylic acid groups (broad SMARTS) is 1. The SMILES string of the molecule is CCCCCCCCCCC#CC#CCCCCCCCCC(=O)Oc1ccc(N=Nc2ccc(C(=O)O)cc2)cc1. The Morgan fingerprint density at radius 2 is 1.10 bits per heavy atom. The van der Waals surface area contributed by atoms with Gasteiger partial charge in [0.1, 0.15) is 5.75 Å². The van der Waals surface area contributed by atoms with Gasteiger partial charge in [-0.25, -0.2) is 4.79 Å². The molecule has 0 heterocycles. The van der Waals surface area contributed by atoms with Crippen LogP contribution in [0.15, 0.2) is 58.8 Å². The molecule has 2 aromatic carbocycles. The fourth-order valence-electron chi connectivity index (χ4n) is 4.30. The van der Waals surface area contributed by atoms with E-state index in [4.69, 9.17) is 9.84 Å². The van der Waals surface area contributed by atoms with Crippen LogP contribution in [0.2, 0.25) is 0 Å². The highest BCUT2D eigenvalue weighted by Crippen LogP contribution is 2.22. The van der Waals surface area contributed by atoms with Crippen LogP contribution < -0.4 is 4.74 Å². The highest BCUT2D eigenvalue weighted by molar-refractivity contribution is 5.87. The maximum absolute atomic E-state index is 12.1. The van der Waals surface area contributed by atoms with Gasteiger partial charge in [0.15, 0.2) is 0 Å². The number of nitrogens with zero attached hydrogens (tertiary/aromatic N) is 2. The summed E-state index contributed by atoms with van der Waals surface area (Å²) in [7, 11) is 0. The molecule has 0 saturated heterocycles. The van der Waals surface area contributed by atoms with E-state index in [1.807, 2.05) is 0 Å². The standard InChI is InChI=1S/C36H46N2O4/c1-2-3-4-5-6-7-8-9-10-11-12-13-14-15-16-17-18-19-20-21-22-35(39)42-34-29-27-33(28-30-34)38-37-32-25-23-31(24-26-32)36(40)41/h23-30H,2-10,15-22H2,1H3,(H,40,41). The Balaban J connectivity index is 1.45. The van der Waals surface area contributed by atoms with E-state index in [9.17, 15) is 9.59 Å². The Labute approximate surface area is 252 Å². The van der Waals surface area contributed by atoms with Gasteiger partial charge < -0.3 is 9.84 Å². The Hall–Kier alpha value is -3.90. The van der Waals surface area contributed by atoms with Crippen molar-refractivity contribution in [3.05, 3.63) is 54.1 Å². The average molecular weight is 571 g/mol. The molecule has 0 bridgehead atoms. The van der Waals surface area contributed by atoms with Gasteiger partial charge in [0, 0.05) is 19.3 Å². The van der Waals surface area contributed by atoms with E-state index in [1.54, 1.807) is 36.4 Å². The van der Waals surface area contributed by atoms with Gasteiger partial charge in [-0.3, -0.25) is 4.79 Å². The molecule has 0 aliphatic rings. The minimum absolute atomic E-state index is 0.196. The zero-order valence-corrected chi connectivity index (χ0v) is 25.2. The Morgan fingerprint density at radius 1 is 0.643 bits per heavy atom. The van der Waals surface area contributed by atoms with Crippen LogP contribution in [-0.2, 0) is 4.79 Å². The van der Waals surface area contributed by atoms with E-state index >= 15 is 0 Å². The van der Waals surface area contributed by atoms with Gasteiger partial charge in [-0.15, -0.1) is 0 Å². The lowest BCUT2D eigenvalue weighted by Crippen LogP contribution is -2.07. The number of carboxylic acids is 1. The Kier molecular flexibility index (Phi) is 18.6. The fourth-order valence-corrected chi connectivity index (χ4v) is 4.30. The summed E-state index contributed by atoms with van der Waals surface area (Å²) >= 11 is 0. The highest BCUT2D eigenvalue weighted by atomic mass is 16.5. The second kappa shape index (κ2) is 22.8. The van der Waals surface area contributed by atoms with Crippen molar-refractivity contribution >= 4 is 23.3 Å². The van der Waals surface area contributed by atoms with Crippen LogP contribution in [0.25, 0.3) is 0 Å². The first-order valence-corrected chi connectivity index (χ1v) is 15.6. The zero-order chi connectivity index (χ0) is 30.1. The topological polar surface area (TPSA) is 88.3 Å². The summed E-state index contributed by atoms with van der Waals surface area (Å²) in [6, 6.07) is 12.9. The second-order valence-corrected chi connectivity index (χ2v) is 10.5. The number of aromatic carboxylic acids is 1. The third-order valence-corrected chi connectivity index (χ3v) is 6.79. The summed E-state index contributed by atoms with van der Waals surface area (Å²) in [5.41, 5.74) is 1.35. The predicted molar refractivity (Wildman–Crippen MR) is 169 cm³/mol. The lowest BCUT2D eigenvalue weighted by Gasteiger charge is -2.04. The normalized spacial score (nSPS) is 10.5. The van der Waals surface area contributed by atoms with Crippen LogP contribution in [0, 0.1) is 23.7 Å². The summed E-state index contributed by atoms with van der Waals surface area (Å²) in [6.45, 7) is 2.26. The quantitative estimate of drug-likeness (QED) is 0.0564. The molecule has 0 unspecified atom stereocenters. The third kappa shape index (κ3) is 17.0. The van der Waals surface area contributed by atoms with Crippen molar-refractivity contribution in [2.45, 2.75) is 116 Å². The molecule has 0 spiro atoms. The van der Waals surface area contributed by atoms with E-state index < -0.39 is 5.97 Å². The molecule has 0 amide bonds. The molecule has 0 atom stereocenters. The summed E-state index contributed by atoms with van der Waals surface area (Å²) in [4.78, 5) is 23.1. The molecule has 0 fully saturated rings. The molecular formula is C36H46N2O4. The van der Waals surface area contributed by atoms with E-state index in [0.29, 0.717) is 23.5 Å². The van der Waals surface area contributed by atoms with Gasteiger partial charge in [-0.1, -0.05) is 89.4 Å². The number of esters is 1. The van der Waals surface area contributed by atoms with E-state index in [-0.39, 0.29) is 11.5 Å². The Bertz CT molecular complexity index is 1200. The van der Waals surface area contributed by atoms with Gasteiger partial charge in [0.25, 0.3) is 0 Å². The monoisotopic (exact) mass is 570 g/mol. The van der Waals surface area contributed by atoms with Crippen LogP contribution in [0.1, 0.15) is 126 Å². The van der Waals surface area contributed by atoms with Gasteiger partial charge in [0.05, 0.1) is 16.9 Å². The minimum Gasteiger partial charge on any atom is -0.478 e. The molecule has 0 aliphatic heterocycles. The molecule has 1 N–H and O–H groups in total. The average Bonchev–Trinajstić information content (AvgIpc) is 3.00. The molecular weight excluding hydrogens is 524 g/mol. The van der Waals surface area contributed by atoms with E-state index in [1.165, 1.54) is 63.5 Å². The number of rotatable bonds is 20. The summed E-state index contributed by atoms with van der Waals surface area (Å²) in [5, 5.41) is 17.2. The Morgan fingerprint density at radius 3 is 1.60 bits per heavy atom. The minimum atomic E-state index is -0.985. The largest absolute Gasteiger partial charge is 0.478 e. The van der Waals surface area contributed by atoms with Crippen molar-refractivity contribution in [1.82, 2.24) is 0 Å². The van der Waals surface area contributed by atoms with E-state index in [2.05, 4.69) is 40.8 Å². The van der Waals surface area contributed by atoms with Gasteiger partial charge in [-0.05, 0) is 79.6 Å². The van der Waals surface area contributed by atoms with Gasteiger partial charge in [0.2, 0.25) is 0 Å². The molecule has 0 aliphatic carbocycles. The molecule has 0 saturated carbocycles. The number of unbranched alkanes of at least 4 members (excludes halogenated alkanes) is 14. The summed E-state index contributed by atoms with van der Waals surface area (Å²) in [6.07, 6.45) is 19.2.